The van der Waals surface area contributed by atoms with Gasteiger partial charge in [0.05, 0.1) is 19.6 Å². The van der Waals surface area contributed by atoms with Gasteiger partial charge in [0.1, 0.15) is 11.6 Å². The minimum absolute atomic E-state index is 0.140. The maximum atomic E-state index is 13.7. The molecular formula is C13H15FO3. The fourth-order valence-electron chi connectivity index (χ4n) is 2.12. The molecule has 17 heavy (non-hydrogen) atoms. The third-order valence-corrected chi connectivity index (χ3v) is 2.86. The van der Waals surface area contributed by atoms with Crippen LogP contribution in [0.25, 0.3) is 0 Å². The molecule has 0 saturated carbocycles. The predicted octanol–water partition coefficient (Wildman–Crippen LogP) is 2.65. The highest BCUT2D eigenvalue weighted by molar-refractivity contribution is 5.71. The topological polar surface area (TPSA) is 35.5 Å². The van der Waals surface area contributed by atoms with Gasteiger partial charge in [-0.2, -0.15) is 0 Å². The van der Waals surface area contributed by atoms with Crippen molar-refractivity contribution in [2.45, 2.75) is 25.7 Å². The molecule has 0 radical (unpaired) electrons. The van der Waals surface area contributed by atoms with Gasteiger partial charge >= 0.3 is 5.97 Å². The lowest BCUT2D eigenvalue weighted by molar-refractivity contribution is -0.143. The maximum absolute atomic E-state index is 13.7. The molecule has 0 saturated heterocycles. The van der Waals surface area contributed by atoms with Crippen LogP contribution in [0.1, 0.15) is 31.2 Å². The van der Waals surface area contributed by atoms with E-state index in [9.17, 15) is 9.18 Å². The van der Waals surface area contributed by atoms with Gasteiger partial charge in [0, 0.05) is 11.5 Å². The van der Waals surface area contributed by atoms with E-state index in [1.807, 2.05) is 0 Å². The number of ether oxygens (including phenoxy) is 2. The minimum Gasteiger partial charge on any atom is -0.493 e. The highest BCUT2D eigenvalue weighted by atomic mass is 19.1. The number of hydrogen-bond donors (Lipinski definition) is 0. The van der Waals surface area contributed by atoms with Crippen molar-refractivity contribution in [1.29, 1.82) is 0 Å². The predicted molar refractivity (Wildman–Crippen MR) is 60.5 cm³/mol. The second-order valence-corrected chi connectivity index (χ2v) is 3.99. The molecular weight excluding hydrogens is 223 g/mol. The van der Waals surface area contributed by atoms with E-state index in [1.54, 1.807) is 19.1 Å². The number of hydrogen-bond acceptors (Lipinski definition) is 3. The molecule has 3 nitrogen and oxygen atoms in total. The fraction of sp³-hybridized carbons (Fsp3) is 0.462. The summed E-state index contributed by atoms with van der Waals surface area (Å²) in [6, 6.07) is 4.74. The van der Waals surface area contributed by atoms with Crippen molar-refractivity contribution in [3.63, 3.8) is 0 Å². The zero-order chi connectivity index (χ0) is 12.3. The molecule has 0 aliphatic carbocycles. The SMILES string of the molecule is CCOC(=O)CC1CCOc2cccc(F)c21. The van der Waals surface area contributed by atoms with Crippen LogP contribution in [0.15, 0.2) is 18.2 Å². The number of carbonyl (C=O) groups is 1. The van der Waals surface area contributed by atoms with E-state index in [4.69, 9.17) is 9.47 Å². The van der Waals surface area contributed by atoms with Gasteiger partial charge in [-0.15, -0.1) is 0 Å². The Morgan fingerprint density at radius 3 is 3.18 bits per heavy atom. The average Bonchev–Trinajstić information content (AvgIpc) is 2.29. The summed E-state index contributed by atoms with van der Waals surface area (Å²) in [4.78, 5) is 11.4. The maximum Gasteiger partial charge on any atom is 0.306 e. The summed E-state index contributed by atoms with van der Waals surface area (Å²) < 4.78 is 24.0. The van der Waals surface area contributed by atoms with Crippen molar-refractivity contribution < 1.29 is 18.7 Å². The lowest BCUT2D eigenvalue weighted by Crippen LogP contribution is -2.19. The van der Waals surface area contributed by atoms with E-state index in [0.29, 0.717) is 30.9 Å². The summed E-state index contributed by atoms with van der Waals surface area (Å²) in [7, 11) is 0. The second kappa shape index (κ2) is 5.17. The second-order valence-electron chi connectivity index (χ2n) is 3.99. The zero-order valence-corrected chi connectivity index (χ0v) is 9.74. The Hall–Kier alpha value is -1.58. The lowest BCUT2D eigenvalue weighted by Gasteiger charge is -2.25. The van der Waals surface area contributed by atoms with Crippen LogP contribution in [-0.2, 0) is 9.53 Å². The molecule has 0 aromatic heterocycles. The molecule has 1 aliphatic rings. The Kier molecular flexibility index (Phi) is 3.61. The first-order valence-corrected chi connectivity index (χ1v) is 5.79. The van der Waals surface area contributed by atoms with Crippen molar-refractivity contribution in [2.24, 2.45) is 0 Å². The van der Waals surface area contributed by atoms with Gasteiger partial charge in [0.25, 0.3) is 0 Å². The Morgan fingerprint density at radius 1 is 1.59 bits per heavy atom. The lowest BCUT2D eigenvalue weighted by atomic mass is 9.90. The summed E-state index contributed by atoms with van der Waals surface area (Å²) in [6.45, 7) is 2.63. The van der Waals surface area contributed by atoms with E-state index in [-0.39, 0.29) is 24.1 Å². The van der Waals surface area contributed by atoms with Gasteiger partial charge < -0.3 is 9.47 Å². The Bertz CT molecular complexity index is 417. The average molecular weight is 238 g/mol. The Balaban J connectivity index is 2.19. The Labute approximate surface area is 99.5 Å². The third-order valence-electron chi connectivity index (χ3n) is 2.86. The van der Waals surface area contributed by atoms with Crippen molar-refractivity contribution in [1.82, 2.24) is 0 Å². The number of benzene rings is 1. The molecule has 0 spiro atoms. The summed E-state index contributed by atoms with van der Waals surface area (Å²) in [5.74, 6) is -0.186. The van der Waals surface area contributed by atoms with Crippen molar-refractivity contribution >= 4 is 5.97 Å². The largest absolute Gasteiger partial charge is 0.493 e. The van der Waals surface area contributed by atoms with Gasteiger partial charge in [0.2, 0.25) is 0 Å². The van der Waals surface area contributed by atoms with E-state index >= 15 is 0 Å². The molecule has 1 aliphatic heterocycles. The number of fused-ring (bicyclic) bond motifs is 1. The molecule has 1 heterocycles. The quantitative estimate of drug-likeness (QED) is 0.759. The number of rotatable bonds is 3. The molecule has 2 rings (SSSR count). The summed E-state index contributed by atoms with van der Waals surface area (Å²) >= 11 is 0. The molecule has 1 aromatic carbocycles. The highest BCUT2D eigenvalue weighted by Gasteiger charge is 2.27. The van der Waals surface area contributed by atoms with Crippen LogP contribution in [0.5, 0.6) is 5.75 Å². The molecule has 1 unspecified atom stereocenters. The fourth-order valence-corrected chi connectivity index (χ4v) is 2.12. The molecule has 92 valence electrons. The first kappa shape index (κ1) is 11.9. The first-order chi connectivity index (χ1) is 8.22. The molecule has 0 amide bonds. The van der Waals surface area contributed by atoms with Crippen LogP contribution in [0.4, 0.5) is 4.39 Å². The van der Waals surface area contributed by atoms with E-state index in [0.717, 1.165) is 0 Å². The number of halogens is 1. The minimum atomic E-state index is -0.309. The van der Waals surface area contributed by atoms with Crippen LogP contribution in [0.3, 0.4) is 0 Å². The molecule has 0 N–H and O–H groups in total. The van der Waals surface area contributed by atoms with E-state index in [2.05, 4.69) is 0 Å². The van der Waals surface area contributed by atoms with Crippen LogP contribution in [0, 0.1) is 5.82 Å². The highest BCUT2D eigenvalue weighted by Crippen LogP contribution is 2.37. The molecule has 0 bridgehead atoms. The van der Waals surface area contributed by atoms with Gasteiger partial charge in [-0.05, 0) is 25.5 Å². The van der Waals surface area contributed by atoms with E-state index in [1.165, 1.54) is 6.07 Å². The molecule has 1 aromatic rings. The number of carbonyl (C=O) groups excluding carboxylic acids is 1. The van der Waals surface area contributed by atoms with Crippen LogP contribution in [-0.4, -0.2) is 19.2 Å². The van der Waals surface area contributed by atoms with Crippen LogP contribution in [0.2, 0.25) is 0 Å². The first-order valence-electron chi connectivity index (χ1n) is 5.79. The zero-order valence-electron chi connectivity index (χ0n) is 9.74. The van der Waals surface area contributed by atoms with Crippen molar-refractivity contribution in [3.8, 4) is 5.75 Å². The molecule has 1 atom stereocenters. The normalized spacial score (nSPS) is 18.1. The Morgan fingerprint density at radius 2 is 2.41 bits per heavy atom. The standard InChI is InChI=1S/C13H15FO3/c1-2-16-12(15)8-9-6-7-17-11-5-3-4-10(14)13(9)11/h3-5,9H,2,6-8H2,1H3. The van der Waals surface area contributed by atoms with Gasteiger partial charge in [0.15, 0.2) is 0 Å². The van der Waals surface area contributed by atoms with Gasteiger partial charge in [-0.1, -0.05) is 6.07 Å². The van der Waals surface area contributed by atoms with Crippen LogP contribution >= 0.6 is 0 Å². The smallest absolute Gasteiger partial charge is 0.306 e. The summed E-state index contributed by atoms with van der Waals surface area (Å²) in [6.07, 6.45) is 0.859. The third kappa shape index (κ3) is 2.57. The van der Waals surface area contributed by atoms with E-state index < -0.39 is 0 Å². The van der Waals surface area contributed by atoms with Gasteiger partial charge in [-0.3, -0.25) is 4.79 Å². The molecule has 4 heteroatoms. The number of esters is 1. The van der Waals surface area contributed by atoms with Gasteiger partial charge in [-0.25, -0.2) is 4.39 Å². The summed E-state index contributed by atoms with van der Waals surface area (Å²) in [5, 5.41) is 0. The monoisotopic (exact) mass is 238 g/mol. The molecule has 0 fully saturated rings. The van der Waals surface area contributed by atoms with Crippen LogP contribution < -0.4 is 4.74 Å². The van der Waals surface area contributed by atoms with Crippen molar-refractivity contribution in [3.05, 3.63) is 29.6 Å². The van der Waals surface area contributed by atoms with Crippen molar-refractivity contribution in [2.75, 3.05) is 13.2 Å². The summed E-state index contributed by atoms with van der Waals surface area (Å²) in [5.41, 5.74) is 0.506.